The molecule has 0 saturated heterocycles. The highest BCUT2D eigenvalue weighted by Crippen LogP contribution is 2.06. The molecule has 0 fully saturated rings. The van der Waals surface area contributed by atoms with E-state index in [9.17, 15) is 4.79 Å². The molecule has 4 nitrogen and oxygen atoms in total. The zero-order valence-electron chi connectivity index (χ0n) is 9.34. The summed E-state index contributed by atoms with van der Waals surface area (Å²) in [6.07, 6.45) is 3.47. The Bertz CT molecular complexity index is 617. The summed E-state index contributed by atoms with van der Waals surface area (Å²) in [4.78, 5) is 11.2. The van der Waals surface area contributed by atoms with Crippen molar-refractivity contribution >= 4 is 5.91 Å². The van der Waals surface area contributed by atoms with Crippen molar-refractivity contribution in [2.45, 2.75) is 0 Å². The van der Waals surface area contributed by atoms with Gasteiger partial charge in [0.2, 0.25) is 5.91 Å². The maximum absolute atomic E-state index is 11.2. The molecule has 0 unspecified atom stereocenters. The van der Waals surface area contributed by atoms with E-state index in [4.69, 9.17) is 5.73 Å². The van der Waals surface area contributed by atoms with Gasteiger partial charge >= 0.3 is 0 Å². The van der Waals surface area contributed by atoms with Gasteiger partial charge in [0.15, 0.2) is 0 Å². The van der Waals surface area contributed by atoms with Crippen LogP contribution in [-0.4, -0.2) is 15.7 Å². The molecule has 1 aromatic heterocycles. The second-order valence-corrected chi connectivity index (χ2v) is 3.56. The number of primary amides is 1. The molecule has 0 bridgehead atoms. The number of aromatic nitrogens is 2. The van der Waals surface area contributed by atoms with E-state index in [0.717, 1.165) is 5.56 Å². The van der Waals surface area contributed by atoms with Gasteiger partial charge in [-0.05, 0) is 12.1 Å². The highest BCUT2D eigenvalue weighted by molar-refractivity contribution is 5.95. The Morgan fingerprint density at radius 1 is 1.35 bits per heavy atom. The third kappa shape index (κ3) is 2.52. The summed E-state index contributed by atoms with van der Waals surface area (Å²) in [5.41, 5.74) is 7.13. The number of amides is 1. The Labute approximate surface area is 99.1 Å². The van der Waals surface area contributed by atoms with Gasteiger partial charge < -0.3 is 5.73 Å². The minimum atomic E-state index is -0.471. The average molecular weight is 225 g/mol. The maximum Gasteiger partial charge on any atom is 0.249 e. The second kappa shape index (κ2) is 4.54. The molecule has 0 aliphatic carbocycles. The van der Waals surface area contributed by atoms with E-state index < -0.39 is 5.91 Å². The van der Waals surface area contributed by atoms with Crippen LogP contribution in [0, 0.1) is 11.8 Å². The molecule has 1 aromatic carbocycles. The van der Waals surface area contributed by atoms with Gasteiger partial charge in [0.05, 0.1) is 17.3 Å². The Morgan fingerprint density at radius 3 is 2.76 bits per heavy atom. The molecule has 2 aromatic rings. The summed E-state index contributed by atoms with van der Waals surface area (Å²) in [5.74, 6) is 5.38. The van der Waals surface area contributed by atoms with Gasteiger partial charge in [0, 0.05) is 18.8 Å². The number of carbonyl (C=O) groups excluding carboxylic acids is 1. The van der Waals surface area contributed by atoms with Crippen LogP contribution in [0.15, 0.2) is 36.7 Å². The molecule has 84 valence electrons. The minimum absolute atomic E-state index is 0.434. The molecule has 0 radical (unpaired) electrons. The molecular weight excluding hydrogens is 214 g/mol. The normalized spacial score (nSPS) is 9.47. The molecule has 0 aliphatic rings. The summed E-state index contributed by atoms with van der Waals surface area (Å²) in [5, 5.41) is 4.01. The first-order valence-corrected chi connectivity index (χ1v) is 5.06. The molecule has 2 N–H and O–H groups in total. The van der Waals surface area contributed by atoms with Crippen LogP contribution in [-0.2, 0) is 7.05 Å². The number of nitrogens with zero attached hydrogens (tertiary/aromatic N) is 2. The monoisotopic (exact) mass is 225 g/mol. The maximum atomic E-state index is 11.2. The van der Waals surface area contributed by atoms with Crippen molar-refractivity contribution in [1.82, 2.24) is 9.78 Å². The van der Waals surface area contributed by atoms with Crippen molar-refractivity contribution in [3.8, 4) is 11.8 Å². The van der Waals surface area contributed by atoms with Crippen LogP contribution in [0.4, 0.5) is 0 Å². The lowest BCUT2D eigenvalue weighted by Gasteiger charge is -1.97. The fourth-order valence-electron chi connectivity index (χ4n) is 1.43. The van der Waals surface area contributed by atoms with Gasteiger partial charge in [-0.3, -0.25) is 9.48 Å². The van der Waals surface area contributed by atoms with E-state index in [-0.39, 0.29) is 0 Å². The van der Waals surface area contributed by atoms with Gasteiger partial charge in [0.25, 0.3) is 0 Å². The first-order chi connectivity index (χ1) is 8.16. The minimum Gasteiger partial charge on any atom is -0.366 e. The van der Waals surface area contributed by atoms with Crippen molar-refractivity contribution in [3.05, 3.63) is 53.3 Å². The molecule has 0 saturated carbocycles. The lowest BCUT2D eigenvalue weighted by molar-refractivity contribution is 0.1000. The summed E-state index contributed by atoms with van der Waals surface area (Å²) in [6, 6.07) is 7.01. The quantitative estimate of drug-likeness (QED) is 0.733. The molecule has 4 heteroatoms. The topological polar surface area (TPSA) is 60.9 Å². The smallest absolute Gasteiger partial charge is 0.249 e. The molecule has 0 aliphatic heterocycles. The van der Waals surface area contributed by atoms with E-state index in [0.29, 0.717) is 11.1 Å². The van der Waals surface area contributed by atoms with E-state index in [1.165, 1.54) is 0 Å². The SMILES string of the molecule is Cn1cc(C#Cc2ccccc2C(N)=O)cn1. The number of hydrogen-bond acceptors (Lipinski definition) is 2. The molecule has 17 heavy (non-hydrogen) atoms. The zero-order valence-corrected chi connectivity index (χ0v) is 9.34. The fourth-order valence-corrected chi connectivity index (χ4v) is 1.43. The first kappa shape index (κ1) is 11.0. The molecule has 1 amide bonds. The molecule has 0 atom stereocenters. The molecule has 2 rings (SSSR count). The van der Waals surface area contributed by atoms with Gasteiger partial charge in [-0.25, -0.2) is 0 Å². The highest BCUT2D eigenvalue weighted by Gasteiger charge is 2.03. The Hall–Kier alpha value is -2.54. The largest absolute Gasteiger partial charge is 0.366 e. The van der Waals surface area contributed by atoms with Crippen molar-refractivity contribution in [1.29, 1.82) is 0 Å². The van der Waals surface area contributed by atoms with Crippen LogP contribution >= 0.6 is 0 Å². The van der Waals surface area contributed by atoms with Gasteiger partial charge in [-0.15, -0.1) is 0 Å². The van der Waals surface area contributed by atoms with Crippen LogP contribution in [0.2, 0.25) is 0 Å². The van der Waals surface area contributed by atoms with Crippen LogP contribution in [0.1, 0.15) is 21.5 Å². The lowest BCUT2D eigenvalue weighted by atomic mass is 10.1. The number of rotatable bonds is 1. The zero-order chi connectivity index (χ0) is 12.3. The Balaban J connectivity index is 2.37. The third-order valence-electron chi connectivity index (χ3n) is 2.24. The van der Waals surface area contributed by atoms with Crippen molar-refractivity contribution in [3.63, 3.8) is 0 Å². The van der Waals surface area contributed by atoms with Gasteiger partial charge in [-0.1, -0.05) is 24.0 Å². The van der Waals surface area contributed by atoms with E-state index in [1.54, 1.807) is 35.3 Å². The fraction of sp³-hybridized carbons (Fsp3) is 0.0769. The van der Waals surface area contributed by atoms with E-state index >= 15 is 0 Å². The van der Waals surface area contributed by atoms with E-state index in [1.807, 2.05) is 13.1 Å². The van der Waals surface area contributed by atoms with Gasteiger partial charge in [0.1, 0.15) is 0 Å². The number of hydrogen-bond donors (Lipinski definition) is 1. The predicted octanol–water partition coefficient (Wildman–Crippen LogP) is 0.919. The van der Waals surface area contributed by atoms with Gasteiger partial charge in [-0.2, -0.15) is 5.10 Å². The number of nitrogens with two attached hydrogens (primary N) is 1. The van der Waals surface area contributed by atoms with Crippen LogP contribution in [0.3, 0.4) is 0 Å². The van der Waals surface area contributed by atoms with Crippen molar-refractivity contribution in [2.24, 2.45) is 12.8 Å². The Kier molecular flexibility index (Phi) is 2.93. The van der Waals surface area contributed by atoms with Crippen LogP contribution in [0.5, 0.6) is 0 Å². The number of carbonyl (C=O) groups is 1. The average Bonchev–Trinajstić information content (AvgIpc) is 2.73. The molecule has 1 heterocycles. The van der Waals surface area contributed by atoms with Crippen molar-refractivity contribution in [2.75, 3.05) is 0 Å². The number of benzene rings is 1. The summed E-state index contributed by atoms with van der Waals surface area (Å²) >= 11 is 0. The van der Waals surface area contributed by atoms with E-state index in [2.05, 4.69) is 16.9 Å². The van der Waals surface area contributed by atoms with Crippen molar-refractivity contribution < 1.29 is 4.79 Å². The first-order valence-electron chi connectivity index (χ1n) is 5.06. The predicted molar refractivity (Wildman–Crippen MR) is 64.1 cm³/mol. The highest BCUT2D eigenvalue weighted by atomic mass is 16.1. The third-order valence-corrected chi connectivity index (χ3v) is 2.24. The summed E-state index contributed by atoms with van der Waals surface area (Å²) < 4.78 is 1.67. The standard InChI is InChI=1S/C13H11N3O/c1-16-9-10(8-15-16)6-7-11-4-2-3-5-12(11)13(14)17/h2-5,8-9H,1H3,(H2,14,17). The molecular formula is C13H11N3O. The molecule has 0 spiro atoms. The van der Waals surface area contributed by atoms with Crippen LogP contribution < -0.4 is 5.73 Å². The Morgan fingerprint density at radius 2 is 2.12 bits per heavy atom. The van der Waals surface area contributed by atoms with Crippen LogP contribution in [0.25, 0.3) is 0 Å². The second-order valence-electron chi connectivity index (χ2n) is 3.56. The summed E-state index contributed by atoms with van der Waals surface area (Å²) in [7, 11) is 1.82. The lowest BCUT2D eigenvalue weighted by Crippen LogP contribution is -2.12. The number of aryl methyl sites for hydroxylation is 1. The summed E-state index contributed by atoms with van der Waals surface area (Å²) in [6.45, 7) is 0.